The van der Waals surface area contributed by atoms with E-state index in [-0.39, 0.29) is 23.4 Å². The van der Waals surface area contributed by atoms with Crippen LogP contribution in [0.1, 0.15) is 23.4 Å². The molecule has 3 rings (SSSR count). The normalized spacial score (nSPS) is 18.2. The van der Waals surface area contributed by atoms with Gasteiger partial charge in [-0.2, -0.15) is 0 Å². The first kappa shape index (κ1) is 17.1. The van der Waals surface area contributed by atoms with Gasteiger partial charge >= 0.3 is 0 Å². The molecule has 5 nitrogen and oxygen atoms in total. The molecule has 1 aromatic carbocycles. The van der Waals surface area contributed by atoms with Crippen molar-refractivity contribution in [3.63, 3.8) is 0 Å². The van der Waals surface area contributed by atoms with Crippen molar-refractivity contribution < 1.29 is 13.2 Å². The number of para-hydroxylation sites is 1. The van der Waals surface area contributed by atoms with Gasteiger partial charge in [0.25, 0.3) is 0 Å². The minimum absolute atomic E-state index is 0.144. The molecule has 128 valence electrons. The molecule has 1 atom stereocenters. The molecule has 0 bridgehead atoms. The number of benzene rings is 1. The Kier molecular flexibility index (Phi) is 4.76. The molecule has 2 aromatic rings. The van der Waals surface area contributed by atoms with E-state index < -0.39 is 9.84 Å². The van der Waals surface area contributed by atoms with Crippen molar-refractivity contribution in [2.24, 2.45) is 0 Å². The third kappa shape index (κ3) is 3.53. The molecule has 0 saturated carbocycles. The Morgan fingerprint density at radius 1 is 1.33 bits per heavy atom. The highest BCUT2D eigenvalue weighted by atomic mass is 32.2. The van der Waals surface area contributed by atoms with E-state index in [4.69, 9.17) is 0 Å². The number of carbonyl (C=O) groups excluding carboxylic acids is 1. The average Bonchev–Trinajstić information content (AvgIpc) is 2.99. The molecule has 1 aromatic heterocycles. The van der Waals surface area contributed by atoms with E-state index in [0.29, 0.717) is 5.69 Å². The predicted molar refractivity (Wildman–Crippen MR) is 96.2 cm³/mol. The Hall–Kier alpha value is -1.70. The van der Waals surface area contributed by atoms with Crippen LogP contribution >= 0.6 is 11.3 Å². The summed E-state index contributed by atoms with van der Waals surface area (Å²) >= 11 is 1.76. The highest BCUT2D eigenvalue weighted by Crippen LogP contribution is 2.32. The van der Waals surface area contributed by atoms with Gasteiger partial charge in [0.05, 0.1) is 17.1 Å². The van der Waals surface area contributed by atoms with Crippen molar-refractivity contribution in [1.82, 2.24) is 4.90 Å². The molecule has 0 fully saturated rings. The van der Waals surface area contributed by atoms with E-state index in [1.807, 2.05) is 0 Å². The van der Waals surface area contributed by atoms with E-state index in [2.05, 4.69) is 28.6 Å². The number of hydrogen-bond acceptors (Lipinski definition) is 5. The molecule has 2 heterocycles. The smallest absolute Gasteiger partial charge is 0.238 e. The fourth-order valence-corrected chi connectivity index (χ4v) is 4.85. The molecule has 1 aliphatic rings. The second kappa shape index (κ2) is 6.66. The highest BCUT2D eigenvalue weighted by Gasteiger charge is 2.26. The van der Waals surface area contributed by atoms with E-state index in [9.17, 15) is 13.2 Å². The highest BCUT2D eigenvalue weighted by molar-refractivity contribution is 7.90. The van der Waals surface area contributed by atoms with Gasteiger partial charge in [0, 0.05) is 23.7 Å². The lowest BCUT2D eigenvalue weighted by Gasteiger charge is -2.32. The lowest BCUT2D eigenvalue weighted by molar-refractivity contribution is -0.117. The zero-order chi connectivity index (χ0) is 17.3. The Morgan fingerprint density at radius 3 is 2.83 bits per heavy atom. The summed E-state index contributed by atoms with van der Waals surface area (Å²) in [6, 6.07) is 8.79. The molecule has 1 aliphatic heterocycles. The van der Waals surface area contributed by atoms with Crippen LogP contribution in [0.15, 0.2) is 40.6 Å². The first-order valence-corrected chi connectivity index (χ1v) is 10.5. The maximum atomic E-state index is 12.4. The van der Waals surface area contributed by atoms with E-state index >= 15 is 0 Å². The predicted octanol–water partition coefficient (Wildman–Crippen LogP) is 2.71. The van der Waals surface area contributed by atoms with Crippen LogP contribution in [-0.4, -0.2) is 38.6 Å². The summed E-state index contributed by atoms with van der Waals surface area (Å²) in [6.45, 7) is 3.17. The Balaban J connectivity index is 1.72. The number of carbonyl (C=O) groups is 1. The molecule has 0 spiro atoms. The summed E-state index contributed by atoms with van der Waals surface area (Å²) < 4.78 is 23.6. The van der Waals surface area contributed by atoms with Gasteiger partial charge in [-0.25, -0.2) is 8.42 Å². The summed E-state index contributed by atoms with van der Waals surface area (Å²) in [4.78, 5) is 16.1. The number of sulfone groups is 1. The van der Waals surface area contributed by atoms with Crippen molar-refractivity contribution >= 4 is 32.8 Å². The van der Waals surface area contributed by atoms with E-state index in [1.165, 1.54) is 16.5 Å². The van der Waals surface area contributed by atoms with Gasteiger partial charge in [0.1, 0.15) is 0 Å². The fourth-order valence-electron chi connectivity index (χ4n) is 3.04. The lowest BCUT2D eigenvalue weighted by atomic mass is 10.0. The van der Waals surface area contributed by atoms with Crippen molar-refractivity contribution in [2.45, 2.75) is 24.3 Å². The van der Waals surface area contributed by atoms with E-state index in [0.717, 1.165) is 19.2 Å². The van der Waals surface area contributed by atoms with Gasteiger partial charge in [-0.1, -0.05) is 12.1 Å². The number of nitrogens with zero attached hydrogens (tertiary/aromatic N) is 1. The van der Waals surface area contributed by atoms with Crippen LogP contribution in [0.2, 0.25) is 0 Å². The number of fused-ring (bicyclic) bond motifs is 1. The zero-order valence-electron chi connectivity index (χ0n) is 13.7. The quantitative estimate of drug-likeness (QED) is 0.906. The topological polar surface area (TPSA) is 66.5 Å². The van der Waals surface area contributed by atoms with Crippen LogP contribution in [0, 0.1) is 0 Å². The second-order valence-electron chi connectivity index (χ2n) is 6.01. The molecule has 0 unspecified atom stereocenters. The Bertz CT molecular complexity index is 858. The molecular formula is C17H20N2O3S2. The van der Waals surface area contributed by atoms with Crippen LogP contribution in [-0.2, 0) is 21.1 Å². The lowest BCUT2D eigenvalue weighted by Crippen LogP contribution is -2.39. The Labute approximate surface area is 146 Å². The number of nitrogens with one attached hydrogen (secondary N) is 1. The number of amides is 1. The average molecular weight is 364 g/mol. The summed E-state index contributed by atoms with van der Waals surface area (Å²) in [6.07, 6.45) is 2.09. The minimum Gasteiger partial charge on any atom is -0.324 e. The monoisotopic (exact) mass is 364 g/mol. The van der Waals surface area contributed by atoms with Gasteiger partial charge in [-0.15, -0.1) is 11.3 Å². The number of rotatable bonds is 4. The minimum atomic E-state index is -3.38. The van der Waals surface area contributed by atoms with Gasteiger partial charge < -0.3 is 5.32 Å². The third-order valence-corrected chi connectivity index (χ3v) is 6.46. The number of hydrogen-bond donors (Lipinski definition) is 1. The fraction of sp³-hybridized carbons (Fsp3) is 0.353. The summed E-state index contributed by atoms with van der Waals surface area (Å²) in [5.74, 6) is -0.198. The van der Waals surface area contributed by atoms with Crippen LogP contribution in [0.4, 0.5) is 5.69 Å². The van der Waals surface area contributed by atoms with Gasteiger partial charge in [0.2, 0.25) is 5.91 Å². The summed E-state index contributed by atoms with van der Waals surface area (Å²) in [5, 5.41) is 4.84. The van der Waals surface area contributed by atoms with Gasteiger partial charge in [-0.05, 0) is 42.5 Å². The van der Waals surface area contributed by atoms with E-state index in [1.54, 1.807) is 29.5 Å². The second-order valence-corrected chi connectivity index (χ2v) is 9.00. The largest absolute Gasteiger partial charge is 0.324 e. The SMILES string of the molecule is C[C@H]1c2ccsc2CCN1CC(=O)Nc1ccccc1S(C)(=O)=O. The third-order valence-electron chi connectivity index (χ3n) is 4.31. The Morgan fingerprint density at radius 2 is 2.08 bits per heavy atom. The van der Waals surface area contributed by atoms with Crippen LogP contribution < -0.4 is 5.32 Å². The molecule has 1 N–H and O–H groups in total. The molecule has 24 heavy (non-hydrogen) atoms. The molecular weight excluding hydrogens is 344 g/mol. The maximum absolute atomic E-state index is 12.4. The summed E-state index contributed by atoms with van der Waals surface area (Å²) in [5.41, 5.74) is 1.63. The molecule has 0 radical (unpaired) electrons. The molecule has 1 amide bonds. The molecule has 0 aliphatic carbocycles. The van der Waals surface area contributed by atoms with Crippen molar-refractivity contribution in [3.05, 3.63) is 46.2 Å². The molecule has 0 saturated heterocycles. The summed E-state index contributed by atoms with van der Waals surface area (Å²) in [7, 11) is -3.38. The standard InChI is InChI=1S/C17H20N2O3S2/c1-12-13-8-10-23-15(13)7-9-19(12)11-17(20)18-14-5-3-4-6-16(14)24(2,21)22/h3-6,8,10,12H,7,9,11H2,1-2H3,(H,18,20)/t12-/m0/s1. The van der Waals surface area contributed by atoms with Crippen LogP contribution in [0.3, 0.4) is 0 Å². The van der Waals surface area contributed by atoms with Gasteiger partial charge in [-0.3, -0.25) is 9.69 Å². The zero-order valence-corrected chi connectivity index (χ0v) is 15.3. The van der Waals surface area contributed by atoms with Crippen molar-refractivity contribution in [1.29, 1.82) is 0 Å². The van der Waals surface area contributed by atoms with Crippen LogP contribution in [0.5, 0.6) is 0 Å². The maximum Gasteiger partial charge on any atom is 0.238 e. The number of anilines is 1. The molecule has 7 heteroatoms. The first-order chi connectivity index (χ1) is 11.4. The first-order valence-electron chi connectivity index (χ1n) is 7.75. The van der Waals surface area contributed by atoms with Gasteiger partial charge in [0.15, 0.2) is 9.84 Å². The van der Waals surface area contributed by atoms with Crippen molar-refractivity contribution in [3.8, 4) is 0 Å². The van der Waals surface area contributed by atoms with Crippen molar-refractivity contribution in [2.75, 3.05) is 24.7 Å². The van der Waals surface area contributed by atoms with Crippen LogP contribution in [0.25, 0.3) is 0 Å². The number of thiophene rings is 1.